The molecule has 0 unspecified atom stereocenters. The van der Waals surface area contributed by atoms with E-state index in [-0.39, 0.29) is 23.4 Å². The lowest BCUT2D eigenvalue weighted by molar-refractivity contribution is 0.102. The molecule has 5 nitrogen and oxygen atoms in total. The van der Waals surface area contributed by atoms with Gasteiger partial charge in [-0.25, -0.2) is 4.39 Å². The summed E-state index contributed by atoms with van der Waals surface area (Å²) in [6.45, 7) is 2.76. The highest BCUT2D eigenvalue weighted by molar-refractivity contribution is 7.99. The number of halogens is 1. The Balaban J connectivity index is 1.84. The largest absolute Gasteiger partial charge is 0.300 e. The smallest absolute Gasteiger partial charge is 0.192 e. The summed E-state index contributed by atoms with van der Waals surface area (Å²) in [5, 5.41) is 9.54. The fourth-order valence-corrected chi connectivity index (χ4v) is 4.04. The number of carbonyl (C=O) groups is 1. The topological polar surface area (TPSA) is 51.0 Å². The highest BCUT2D eigenvalue weighted by Gasteiger charge is 2.22. The summed E-state index contributed by atoms with van der Waals surface area (Å²) in [6.07, 6.45) is 0.902. The molecular formula is C22H25FN4OS. The maximum atomic E-state index is 13.1. The number of hydrogen-bond acceptors (Lipinski definition) is 5. The van der Waals surface area contributed by atoms with Gasteiger partial charge in [0.1, 0.15) is 5.82 Å². The number of nitrogens with zero attached hydrogens (tertiary/aromatic N) is 4. The van der Waals surface area contributed by atoms with Gasteiger partial charge in [-0.3, -0.25) is 9.69 Å². The molecule has 0 spiro atoms. The molecule has 1 aromatic heterocycles. The van der Waals surface area contributed by atoms with Crippen molar-refractivity contribution >= 4 is 17.5 Å². The normalized spacial score (nSPS) is 12.3. The van der Waals surface area contributed by atoms with Crippen LogP contribution in [0.25, 0.3) is 0 Å². The summed E-state index contributed by atoms with van der Waals surface area (Å²) < 4.78 is 15.2. The van der Waals surface area contributed by atoms with Crippen molar-refractivity contribution in [1.29, 1.82) is 0 Å². The van der Waals surface area contributed by atoms with E-state index in [2.05, 4.69) is 38.7 Å². The van der Waals surface area contributed by atoms with E-state index in [1.807, 2.05) is 32.3 Å². The Hall–Kier alpha value is -2.51. The first-order chi connectivity index (χ1) is 14.0. The zero-order chi connectivity index (χ0) is 20.8. The van der Waals surface area contributed by atoms with Crippen LogP contribution in [0.15, 0.2) is 59.8 Å². The average molecular weight is 413 g/mol. The molecule has 2 aromatic carbocycles. The van der Waals surface area contributed by atoms with Gasteiger partial charge in [-0.1, -0.05) is 49.0 Å². The first-order valence-corrected chi connectivity index (χ1v) is 10.5. The third-order valence-electron chi connectivity index (χ3n) is 4.74. The first-order valence-electron chi connectivity index (χ1n) is 9.54. The zero-order valence-electron chi connectivity index (χ0n) is 16.9. The van der Waals surface area contributed by atoms with Crippen LogP contribution in [-0.2, 0) is 6.54 Å². The molecule has 3 aromatic rings. The third kappa shape index (κ3) is 5.31. The highest BCUT2D eigenvalue weighted by atomic mass is 32.2. The van der Waals surface area contributed by atoms with Crippen molar-refractivity contribution in [1.82, 2.24) is 19.7 Å². The van der Waals surface area contributed by atoms with E-state index in [0.717, 1.165) is 17.8 Å². The van der Waals surface area contributed by atoms with E-state index in [0.29, 0.717) is 17.3 Å². The monoisotopic (exact) mass is 412 g/mol. The van der Waals surface area contributed by atoms with Crippen LogP contribution in [-0.4, -0.2) is 45.3 Å². The van der Waals surface area contributed by atoms with Crippen molar-refractivity contribution in [3.05, 3.63) is 77.4 Å². The molecule has 0 fully saturated rings. The zero-order valence-corrected chi connectivity index (χ0v) is 17.7. The molecule has 29 heavy (non-hydrogen) atoms. The molecule has 0 aliphatic carbocycles. The summed E-state index contributed by atoms with van der Waals surface area (Å²) in [7, 11) is 4.06. The van der Waals surface area contributed by atoms with Gasteiger partial charge in [-0.15, -0.1) is 10.2 Å². The molecule has 0 aliphatic rings. The van der Waals surface area contributed by atoms with E-state index < -0.39 is 0 Å². The standard InChI is InChI=1S/C22H25FN4OS/c1-4-19(26(2)3)21-24-25-22(27(21)14-16-8-6-5-7-9-16)29-15-20(28)17-10-12-18(23)13-11-17/h5-13,19H,4,14-15H2,1-3H3/t19-/m1/s1. The average Bonchev–Trinajstić information content (AvgIpc) is 3.10. The predicted octanol–water partition coefficient (Wildman–Crippen LogP) is 4.45. The SMILES string of the molecule is CC[C@H](c1nnc(SCC(=O)c2ccc(F)cc2)n1Cc1ccccc1)N(C)C. The summed E-state index contributed by atoms with van der Waals surface area (Å²) >= 11 is 1.36. The molecule has 152 valence electrons. The van der Waals surface area contributed by atoms with E-state index in [9.17, 15) is 9.18 Å². The van der Waals surface area contributed by atoms with Crippen molar-refractivity contribution in [2.24, 2.45) is 0 Å². The molecule has 0 aliphatic heterocycles. The molecule has 0 saturated carbocycles. The van der Waals surface area contributed by atoms with Gasteiger partial charge >= 0.3 is 0 Å². The van der Waals surface area contributed by atoms with Gasteiger partial charge in [0.2, 0.25) is 0 Å². The van der Waals surface area contributed by atoms with E-state index in [1.165, 1.54) is 36.0 Å². The van der Waals surface area contributed by atoms with Crippen LogP contribution in [0.4, 0.5) is 4.39 Å². The maximum Gasteiger partial charge on any atom is 0.192 e. The van der Waals surface area contributed by atoms with Gasteiger partial charge in [0.25, 0.3) is 0 Å². The second kappa shape index (κ2) is 9.80. The molecule has 0 N–H and O–H groups in total. The molecule has 3 rings (SSSR count). The fourth-order valence-electron chi connectivity index (χ4n) is 3.20. The van der Waals surface area contributed by atoms with Crippen molar-refractivity contribution in [3.63, 3.8) is 0 Å². The summed E-state index contributed by atoms with van der Waals surface area (Å²) in [5.74, 6) is 0.691. The van der Waals surface area contributed by atoms with Crippen molar-refractivity contribution in [2.75, 3.05) is 19.8 Å². The highest BCUT2D eigenvalue weighted by Crippen LogP contribution is 2.26. The quantitative estimate of drug-likeness (QED) is 0.384. The Kier molecular flexibility index (Phi) is 7.17. The van der Waals surface area contributed by atoms with Crippen LogP contribution in [0.3, 0.4) is 0 Å². The van der Waals surface area contributed by atoms with E-state index in [4.69, 9.17) is 0 Å². The minimum absolute atomic E-state index is 0.0644. The van der Waals surface area contributed by atoms with Gasteiger partial charge in [-0.2, -0.15) is 0 Å². The van der Waals surface area contributed by atoms with Crippen molar-refractivity contribution in [3.8, 4) is 0 Å². The van der Waals surface area contributed by atoms with Crippen molar-refractivity contribution < 1.29 is 9.18 Å². The van der Waals surface area contributed by atoms with Crippen LogP contribution < -0.4 is 0 Å². The Labute approximate surface area is 175 Å². The Bertz CT molecular complexity index is 941. The van der Waals surface area contributed by atoms with Crippen LogP contribution in [0.1, 0.15) is 41.1 Å². The minimum atomic E-state index is -0.351. The predicted molar refractivity (Wildman–Crippen MR) is 114 cm³/mol. The number of aromatic nitrogens is 3. The lowest BCUT2D eigenvalue weighted by Crippen LogP contribution is -2.23. The number of thioether (sulfide) groups is 1. The summed E-state index contributed by atoms with van der Waals surface area (Å²) in [5.41, 5.74) is 1.64. The van der Waals surface area contributed by atoms with Crippen LogP contribution in [0.2, 0.25) is 0 Å². The Morgan fingerprint density at radius 2 is 1.79 bits per heavy atom. The minimum Gasteiger partial charge on any atom is -0.300 e. The molecule has 0 bridgehead atoms. The Morgan fingerprint density at radius 3 is 2.41 bits per heavy atom. The summed E-state index contributed by atoms with van der Waals surface area (Å²) in [4.78, 5) is 14.6. The molecule has 1 heterocycles. The van der Waals surface area contributed by atoms with Crippen LogP contribution >= 0.6 is 11.8 Å². The number of rotatable bonds is 9. The lowest BCUT2D eigenvalue weighted by atomic mass is 10.1. The van der Waals surface area contributed by atoms with Gasteiger partial charge in [0.15, 0.2) is 16.8 Å². The van der Waals surface area contributed by atoms with Crippen LogP contribution in [0, 0.1) is 5.82 Å². The van der Waals surface area contributed by atoms with Gasteiger partial charge in [0.05, 0.1) is 18.3 Å². The third-order valence-corrected chi connectivity index (χ3v) is 5.70. The second-order valence-electron chi connectivity index (χ2n) is 7.02. The number of ketones is 1. The van der Waals surface area contributed by atoms with Crippen molar-refractivity contribution in [2.45, 2.75) is 31.1 Å². The maximum absolute atomic E-state index is 13.1. The molecular weight excluding hydrogens is 387 g/mol. The molecule has 7 heteroatoms. The van der Waals surface area contributed by atoms with E-state index in [1.54, 1.807) is 0 Å². The molecule has 0 saturated heterocycles. The number of hydrogen-bond donors (Lipinski definition) is 0. The van der Waals surface area contributed by atoms with E-state index >= 15 is 0 Å². The van der Waals surface area contributed by atoms with Gasteiger partial charge in [0, 0.05) is 5.56 Å². The second-order valence-corrected chi connectivity index (χ2v) is 7.96. The molecule has 0 radical (unpaired) electrons. The Morgan fingerprint density at radius 1 is 1.10 bits per heavy atom. The molecule has 0 amide bonds. The fraction of sp³-hybridized carbons (Fsp3) is 0.318. The molecule has 1 atom stereocenters. The van der Waals surface area contributed by atoms with Gasteiger partial charge in [-0.05, 0) is 50.3 Å². The lowest BCUT2D eigenvalue weighted by Gasteiger charge is -2.23. The van der Waals surface area contributed by atoms with Crippen LogP contribution in [0.5, 0.6) is 0 Å². The number of Topliss-reactive ketones (excluding diaryl/α,β-unsaturated/α-hetero) is 1. The van der Waals surface area contributed by atoms with Gasteiger partial charge < -0.3 is 4.57 Å². The first kappa shape index (κ1) is 21.2. The summed E-state index contributed by atoms with van der Waals surface area (Å²) in [6, 6.07) is 15.9. The number of carbonyl (C=O) groups excluding carboxylic acids is 1. The number of benzene rings is 2.